The van der Waals surface area contributed by atoms with Crippen LogP contribution in [-0.2, 0) is 4.79 Å². The molecular weight excluding hydrogens is 258 g/mol. The number of hydrogen-bond acceptors (Lipinski definition) is 6. The zero-order valence-electron chi connectivity index (χ0n) is 11.3. The van der Waals surface area contributed by atoms with Crippen LogP contribution in [0, 0.1) is 0 Å². The van der Waals surface area contributed by atoms with Gasteiger partial charge in [0.2, 0.25) is 5.91 Å². The van der Waals surface area contributed by atoms with Gasteiger partial charge in [-0.25, -0.2) is 15.0 Å². The minimum absolute atomic E-state index is 0.00553. The van der Waals surface area contributed by atoms with Gasteiger partial charge in [-0.1, -0.05) is 0 Å². The van der Waals surface area contributed by atoms with Crippen molar-refractivity contribution in [2.75, 3.05) is 31.1 Å². The fraction of sp³-hybridized carbons (Fsp3) is 0.500. The Bertz CT molecular complexity index is 611. The first-order valence-electron chi connectivity index (χ1n) is 6.70. The van der Waals surface area contributed by atoms with Gasteiger partial charge < -0.3 is 20.5 Å². The molecule has 3 heterocycles. The Kier molecular flexibility index (Phi) is 3.46. The molecule has 1 fully saturated rings. The zero-order chi connectivity index (χ0) is 13.9. The van der Waals surface area contributed by atoms with Crippen molar-refractivity contribution in [2.45, 2.75) is 13.0 Å². The second kappa shape index (κ2) is 5.41. The topological polar surface area (TPSA) is 98.8 Å². The molecule has 0 radical (unpaired) electrons. The van der Waals surface area contributed by atoms with Crippen LogP contribution >= 0.6 is 0 Å². The number of H-pyrrole nitrogens is 1. The van der Waals surface area contributed by atoms with Crippen molar-refractivity contribution in [3.8, 4) is 0 Å². The Morgan fingerprint density at radius 3 is 3.25 bits per heavy atom. The van der Waals surface area contributed by atoms with Crippen molar-refractivity contribution in [3.05, 3.63) is 12.7 Å². The first kappa shape index (κ1) is 12.8. The van der Waals surface area contributed by atoms with Crippen molar-refractivity contribution >= 4 is 22.9 Å². The van der Waals surface area contributed by atoms with Gasteiger partial charge >= 0.3 is 0 Å². The summed E-state index contributed by atoms with van der Waals surface area (Å²) in [5.41, 5.74) is 1.38. The third kappa shape index (κ3) is 2.18. The highest BCUT2D eigenvalue weighted by atomic mass is 16.2. The number of piperazine rings is 1. The maximum atomic E-state index is 12.2. The smallest absolute Gasteiger partial charge is 0.244 e. The number of amides is 1. The largest absolute Gasteiger partial charge is 0.355 e. The van der Waals surface area contributed by atoms with Gasteiger partial charge in [-0.2, -0.15) is 0 Å². The van der Waals surface area contributed by atoms with E-state index in [1.807, 2.05) is 11.8 Å². The predicted molar refractivity (Wildman–Crippen MR) is 74.4 cm³/mol. The van der Waals surface area contributed by atoms with Crippen molar-refractivity contribution < 1.29 is 4.79 Å². The van der Waals surface area contributed by atoms with Crippen molar-refractivity contribution in [1.82, 2.24) is 30.6 Å². The van der Waals surface area contributed by atoms with Crippen molar-refractivity contribution in [1.29, 1.82) is 0 Å². The lowest BCUT2D eigenvalue weighted by atomic mass is 10.1. The number of fused-ring (bicyclic) bond motifs is 1. The molecule has 3 N–H and O–H groups in total. The first-order valence-corrected chi connectivity index (χ1v) is 6.70. The van der Waals surface area contributed by atoms with E-state index >= 15 is 0 Å². The second-order valence-electron chi connectivity index (χ2n) is 4.61. The molecule has 1 aliphatic heterocycles. The Morgan fingerprint density at radius 1 is 1.50 bits per heavy atom. The number of carbonyl (C=O) groups is 1. The Hall–Kier alpha value is -2.22. The van der Waals surface area contributed by atoms with Gasteiger partial charge in [0, 0.05) is 26.2 Å². The standard InChI is InChI=1S/C12H17N7O/c1-2-14-12(20)8-5-13-3-4-19(8)11-9-10(16-6-15-9)17-7-18-11/h6-8,13H,2-5H2,1H3,(H,14,20)(H,15,16,17,18). The van der Waals surface area contributed by atoms with Crippen LogP contribution in [0.25, 0.3) is 11.2 Å². The van der Waals surface area contributed by atoms with Gasteiger partial charge in [-0.05, 0) is 6.92 Å². The van der Waals surface area contributed by atoms with E-state index in [4.69, 9.17) is 0 Å². The molecular formula is C12H17N7O. The third-order valence-electron chi connectivity index (χ3n) is 3.37. The summed E-state index contributed by atoms with van der Waals surface area (Å²) in [6, 6.07) is -0.273. The number of imidazole rings is 1. The van der Waals surface area contributed by atoms with Gasteiger partial charge in [0.15, 0.2) is 11.5 Å². The van der Waals surface area contributed by atoms with E-state index in [0.29, 0.717) is 25.3 Å². The number of aromatic amines is 1. The molecule has 8 heteroatoms. The molecule has 1 saturated heterocycles. The molecule has 0 spiro atoms. The molecule has 1 atom stereocenters. The van der Waals surface area contributed by atoms with Gasteiger partial charge in [-0.15, -0.1) is 0 Å². The number of aromatic nitrogens is 4. The third-order valence-corrected chi connectivity index (χ3v) is 3.37. The van der Waals surface area contributed by atoms with E-state index in [9.17, 15) is 4.79 Å². The van der Waals surface area contributed by atoms with E-state index in [-0.39, 0.29) is 11.9 Å². The number of hydrogen-bond donors (Lipinski definition) is 3. The van der Waals surface area contributed by atoms with E-state index < -0.39 is 0 Å². The monoisotopic (exact) mass is 275 g/mol. The summed E-state index contributed by atoms with van der Waals surface area (Å²) in [7, 11) is 0. The summed E-state index contributed by atoms with van der Waals surface area (Å²) in [5.74, 6) is 0.733. The van der Waals surface area contributed by atoms with Gasteiger partial charge in [0.05, 0.1) is 6.33 Å². The molecule has 2 aromatic heterocycles. The zero-order valence-corrected chi connectivity index (χ0v) is 11.3. The molecule has 0 aromatic carbocycles. The summed E-state index contributed by atoms with van der Waals surface area (Å²) in [5, 5.41) is 6.11. The van der Waals surface area contributed by atoms with E-state index in [1.165, 1.54) is 6.33 Å². The maximum absolute atomic E-state index is 12.2. The lowest BCUT2D eigenvalue weighted by Gasteiger charge is -2.35. The van der Waals surface area contributed by atoms with Crippen LogP contribution in [-0.4, -0.2) is 58.1 Å². The molecule has 1 aliphatic rings. The van der Waals surface area contributed by atoms with Gasteiger partial charge in [0.25, 0.3) is 0 Å². The van der Waals surface area contributed by atoms with Crippen LogP contribution < -0.4 is 15.5 Å². The summed E-state index contributed by atoms with van der Waals surface area (Å²) in [6.07, 6.45) is 3.07. The number of nitrogens with zero attached hydrogens (tertiary/aromatic N) is 4. The number of rotatable bonds is 3. The van der Waals surface area contributed by atoms with Crippen LogP contribution in [0.1, 0.15) is 6.92 Å². The lowest BCUT2D eigenvalue weighted by Crippen LogP contribution is -2.58. The van der Waals surface area contributed by atoms with Crippen LogP contribution in [0.3, 0.4) is 0 Å². The summed E-state index contributed by atoms with van der Waals surface area (Å²) in [6.45, 7) is 4.66. The molecule has 8 nitrogen and oxygen atoms in total. The summed E-state index contributed by atoms with van der Waals surface area (Å²) in [4.78, 5) is 29.8. The van der Waals surface area contributed by atoms with Crippen molar-refractivity contribution in [3.63, 3.8) is 0 Å². The fourth-order valence-electron chi connectivity index (χ4n) is 2.45. The van der Waals surface area contributed by atoms with E-state index in [1.54, 1.807) is 6.33 Å². The number of likely N-dealkylation sites (N-methyl/N-ethyl adjacent to an activating group) is 1. The predicted octanol–water partition coefficient (Wildman–Crippen LogP) is -0.733. The Labute approximate surface area is 116 Å². The van der Waals surface area contributed by atoms with Crippen LogP contribution in [0.15, 0.2) is 12.7 Å². The molecule has 0 bridgehead atoms. The van der Waals surface area contributed by atoms with E-state index in [2.05, 4.69) is 30.6 Å². The number of carbonyl (C=O) groups excluding carboxylic acids is 1. The van der Waals surface area contributed by atoms with Gasteiger partial charge in [-0.3, -0.25) is 4.79 Å². The average molecular weight is 275 g/mol. The quantitative estimate of drug-likeness (QED) is 0.683. The minimum Gasteiger partial charge on any atom is -0.355 e. The highest BCUT2D eigenvalue weighted by Gasteiger charge is 2.30. The Balaban J connectivity index is 1.97. The second-order valence-corrected chi connectivity index (χ2v) is 4.61. The SMILES string of the molecule is CCNC(=O)C1CNCCN1c1ncnc2nc[nH]c12. The fourth-order valence-corrected chi connectivity index (χ4v) is 2.45. The van der Waals surface area contributed by atoms with Crippen LogP contribution in [0.5, 0.6) is 0 Å². The normalized spacial score (nSPS) is 19.2. The maximum Gasteiger partial charge on any atom is 0.244 e. The molecule has 106 valence electrons. The molecule has 3 rings (SSSR count). The van der Waals surface area contributed by atoms with Crippen molar-refractivity contribution in [2.24, 2.45) is 0 Å². The Morgan fingerprint density at radius 2 is 2.40 bits per heavy atom. The average Bonchev–Trinajstić information content (AvgIpc) is 2.96. The summed E-state index contributed by atoms with van der Waals surface area (Å²) >= 11 is 0. The molecule has 0 saturated carbocycles. The highest BCUT2D eigenvalue weighted by molar-refractivity contribution is 5.90. The first-order chi connectivity index (χ1) is 9.81. The van der Waals surface area contributed by atoms with E-state index in [0.717, 1.165) is 17.9 Å². The van der Waals surface area contributed by atoms with Crippen LogP contribution in [0.4, 0.5) is 5.82 Å². The molecule has 20 heavy (non-hydrogen) atoms. The van der Waals surface area contributed by atoms with Crippen LogP contribution in [0.2, 0.25) is 0 Å². The highest BCUT2D eigenvalue weighted by Crippen LogP contribution is 2.22. The molecule has 2 aromatic rings. The number of anilines is 1. The number of nitrogens with one attached hydrogen (secondary N) is 3. The lowest BCUT2D eigenvalue weighted by molar-refractivity contribution is -0.122. The minimum atomic E-state index is -0.273. The molecule has 1 amide bonds. The summed E-state index contributed by atoms with van der Waals surface area (Å²) < 4.78 is 0. The molecule has 0 aliphatic carbocycles. The molecule has 1 unspecified atom stereocenters. The van der Waals surface area contributed by atoms with Gasteiger partial charge in [0.1, 0.15) is 17.9 Å².